The molecule has 0 atom stereocenters. The Morgan fingerprint density at radius 3 is 2.72 bits per heavy atom. The van der Waals surface area contributed by atoms with Crippen LogP contribution in [0.2, 0.25) is 0 Å². The van der Waals surface area contributed by atoms with E-state index in [1.807, 2.05) is 0 Å². The van der Waals surface area contributed by atoms with Gasteiger partial charge in [-0.2, -0.15) is 4.39 Å². The van der Waals surface area contributed by atoms with Crippen LogP contribution in [0.15, 0.2) is 23.4 Å². The van der Waals surface area contributed by atoms with Gasteiger partial charge >= 0.3 is 5.69 Å². The molecule has 2 aromatic rings. The molecule has 0 unspecified atom stereocenters. The molecule has 1 N–H and O–H groups in total. The summed E-state index contributed by atoms with van der Waals surface area (Å²) in [6, 6.07) is 3.66. The maximum atomic E-state index is 13.4. The average molecular weight is 420 g/mol. The minimum absolute atomic E-state index is 0.0794. The highest BCUT2D eigenvalue weighted by molar-refractivity contribution is 7.99. The number of carbonyl (C=O) groups is 1. The molecule has 1 aliphatic heterocycles. The first kappa shape index (κ1) is 19.6. The average Bonchev–Trinajstić information content (AvgIpc) is 3.47. The molecule has 4 rings (SSSR count). The van der Waals surface area contributed by atoms with Gasteiger partial charge in [0.1, 0.15) is 0 Å². The number of carbonyl (C=O) groups excluding carboxylic acids is 1. The van der Waals surface area contributed by atoms with Gasteiger partial charge in [-0.1, -0.05) is 11.8 Å². The fourth-order valence-electron chi connectivity index (χ4n) is 3.39. The lowest BCUT2D eigenvalue weighted by atomic mass is 10.1. The SMILES string of the molecule is O=C(CSc1nnc(N2CCCCC2)n1C1CC1)Nc1ccc(F)c([N+](=O)[O-])c1. The van der Waals surface area contributed by atoms with Gasteiger partial charge in [-0.15, -0.1) is 10.2 Å². The number of halogens is 1. The molecule has 2 aliphatic rings. The topological polar surface area (TPSA) is 106 Å². The first-order chi connectivity index (χ1) is 14.0. The summed E-state index contributed by atoms with van der Waals surface area (Å²) in [4.78, 5) is 24.6. The van der Waals surface area contributed by atoms with Crippen LogP contribution in [0.5, 0.6) is 0 Å². The lowest BCUT2D eigenvalue weighted by molar-refractivity contribution is -0.387. The van der Waals surface area contributed by atoms with Crippen molar-refractivity contribution in [3.8, 4) is 0 Å². The van der Waals surface area contributed by atoms with Crippen molar-refractivity contribution >= 4 is 35.0 Å². The molecule has 2 heterocycles. The minimum Gasteiger partial charge on any atom is -0.341 e. The van der Waals surface area contributed by atoms with E-state index in [0.29, 0.717) is 11.2 Å². The van der Waals surface area contributed by atoms with E-state index in [9.17, 15) is 19.3 Å². The first-order valence-electron chi connectivity index (χ1n) is 9.59. The number of rotatable bonds is 7. The van der Waals surface area contributed by atoms with Crippen molar-refractivity contribution in [2.45, 2.75) is 43.3 Å². The normalized spacial score (nSPS) is 16.7. The molecule has 0 spiro atoms. The van der Waals surface area contributed by atoms with Gasteiger partial charge < -0.3 is 10.2 Å². The third-order valence-corrected chi connectivity index (χ3v) is 5.90. The van der Waals surface area contributed by atoms with Crippen molar-refractivity contribution < 1.29 is 14.1 Å². The summed E-state index contributed by atoms with van der Waals surface area (Å²) < 4.78 is 15.6. The molecule has 29 heavy (non-hydrogen) atoms. The molecule has 1 aromatic heterocycles. The van der Waals surface area contributed by atoms with Gasteiger partial charge in [0, 0.05) is 30.9 Å². The van der Waals surface area contributed by atoms with Crippen LogP contribution in [-0.2, 0) is 4.79 Å². The number of hydrogen-bond donors (Lipinski definition) is 1. The van der Waals surface area contributed by atoms with Crippen molar-refractivity contribution in [3.63, 3.8) is 0 Å². The second-order valence-corrected chi connectivity index (χ2v) is 8.13. The van der Waals surface area contributed by atoms with Crippen molar-refractivity contribution in [3.05, 3.63) is 34.1 Å². The Bertz CT molecular complexity index is 926. The quantitative estimate of drug-likeness (QED) is 0.416. The van der Waals surface area contributed by atoms with Crippen LogP contribution < -0.4 is 10.2 Å². The van der Waals surface area contributed by atoms with E-state index >= 15 is 0 Å². The highest BCUT2D eigenvalue weighted by Crippen LogP contribution is 2.41. The molecule has 154 valence electrons. The van der Waals surface area contributed by atoms with Crippen molar-refractivity contribution in [2.24, 2.45) is 0 Å². The fourth-order valence-corrected chi connectivity index (χ4v) is 4.19. The van der Waals surface area contributed by atoms with E-state index in [2.05, 4.69) is 25.0 Å². The molecule has 1 amide bonds. The van der Waals surface area contributed by atoms with Crippen molar-refractivity contribution in [1.82, 2.24) is 14.8 Å². The van der Waals surface area contributed by atoms with Gasteiger partial charge in [-0.25, -0.2) is 0 Å². The minimum atomic E-state index is -0.940. The zero-order valence-electron chi connectivity index (χ0n) is 15.7. The lowest BCUT2D eigenvalue weighted by Gasteiger charge is -2.27. The number of anilines is 2. The third-order valence-electron chi connectivity index (χ3n) is 4.96. The monoisotopic (exact) mass is 420 g/mol. The van der Waals surface area contributed by atoms with Gasteiger partial charge in [0.15, 0.2) is 5.16 Å². The van der Waals surface area contributed by atoms with Gasteiger partial charge in [-0.05, 0) is 44.2 Å². The zero-order valence-corrected chi connectivity index (χ0v) is 16.5. The summed E-state index contributed by atoms with van der Waals surface area (Å²) in [6.45, 7) is 1.94. The second kappa shape index (κ2) is 8.36. The van der Waals surface area contributed by atoms with E-state index < -0.39 is 16.4 Å². The number of nitrogens with one attached hydrogen (secondary N) is 1. The van der Waals surface area contributed by atoms with E-state index in [0.717, 1.165) is 56.9 Å². The molecule has 1 aromatic carbocycles. The molecule has 1 aliphatic carbocycles. The number of amides is 1. The molecular formula is C18H21FN6O3S. The Labute approximate surface area is 170 Å². The Morgan fingerprint density at radius 2 is 2.03 bits per heavy atom. The van der Waals surface area contributed by atoms with Crippen LogP contribution in [0.4, 0.5) is 21.7 Å². The predicted octanol–water partition coefficient (Wildman–Crippen LogP) is 3.38. The molecule has 2 fully saturated rings. The van der Waals surface area contributed by atoms with Crippen LogP contribution in [0.3, 0.4) is 0 Å². The molecule has 1 saturated heterocycles. The highest BCUT2D eigenvalue weighted by Gasteiger charge is 2.32. The summed E-state index contributed by atoms with van der Waals surface area (Å²) in [7, 11) is 0. The van der Waals surface area contributed by atoms with Crippen LogP contribution in [0.25, 0.3) is 0 Å². The number of nitro groups is 1. The van der Waals surface area contributed by atoms with E-state index in [-0.39, 0.29) is 17.3 Å². The standard InChI is InChI=1S/C18H21FN6O3S/c19-14-7-4-12(10-15(14)25(27)28)20-16(26)11-29-18-22-21-17(24(18)13-5-6-13)23-8-2-1-3-9-23/h4,7,10,13H,1-3,5-6,8-9,11H2,(H,20,26). The van der Waals surface area contributed by atoms with Gasteiger partial charge in [0.05, 0.1) is 10.7 Å². The van der Waals surface area contributed by atoms with E-state index in [4.69, 9.17) is 0 Å². The number of benzene rings is 1. The number of nitro benzene ring substituents is 1. The van der Waals surface area contributed by atoms with Crippen LogP contribution in [-0.4, -0.2) is 44.4 Å². The van der Waals surface area contributed by atoms with Crippen LogP contribution in [0.1, 0.15) is 38.1 Å². The Morgan fingerprint density at radius 1 is 1.28 bits per heavy atom. The predicted molar refractivity (Wildman–Crippen MR) is 107 cm³/mol. The summed E-state index contributed by atoms with van der Waals surface area (Å²) in [5.74, 6) is -0.328. The summed E-state index contributed by atoms with van der Waals surface area (Å²) in [5.41, 5.74) is -0.489. The Balaban J connectivity index is 1.41. The largest absolute Gasteiger partial charge is 0.341 e. The van der Waals surface area contributed by atoms with Gasteiger partial charge in [0.25, 0.3) is 0 Å². The molecular weight excluding hydrogens is 399 g/mol. The number of hydrogen-bond acceptors (Lipinski definition) is 7. The summed E-state index contributed by atoms with van der Waals surface area (Å²) in [5, 5.41) is 22.8. The third kappa shape index (κ3) is 4.50. The summed E-state index contributed by atoms with van der Waals surface area (Å²) >= 11 is 1.28. The van der Waals surface area contributed by atoms with Crippen molar-refractivity contribution in [1.29, 1.82) is 0 Å². The maximum absolute atomic E-state index is 13.4. The lowest BCUT2D eigenvalue weighted by Crippen LogP contribution is -2.32. The maximum Gasteiger partial charge on any atom is 0.306 e. The molecule has 11 heteroatoms. The molecule has 9 nitrogen and oxygen atoms in total. The Hall–Kier alpha value is -2.69. The van der Waals surface area contributed by atoms with Gasteiger partial charge in [0.2, 0.25) is 17.7 Å². The smallest absolute Gasteiger partial charge is 0.306 e. The summed E-state index contributed by atoms with van der Waals surface area (Å²) in [6.07, 6.45) is 5.69. The number of piperidine rings is 1. The number of aromatic nitrogens is 3. The number of thioether (sulfide) groups is 1. The van der Waals surface area contributed by atoms with E-state index in [1.165, 1.54) is 24.2 Å². The van der Waals surface area contributed by atoms with Crippen LogP contribution >= 0.6 is 11.8 Å². The fraction of sp³-hybridized carbons (Fsp3) is 0.500. The van der Waals surface area contributed by atoms with Gasteiger partial charge in [-0.3, -0.25) is 19.5 Å². The number of nitrogens with zero attached hydrogens (tertiary/aromatic N) is 5. The molecule has 0 bridgehead atoms. The molecule has 1 saturated carbocycles. The zero-order chi connectivity index (χ0) is 20.4. The second-order valence-electron chi connectivity index (χ2n) is 7.19. The van der Waals surface area contributed by atoms with E-state index in [1.54, 1.807) is 0 Å². The van der Waals surface area contributed by atoms with Crippen molar-refractivity contribution in [2.75, 3.05) is 29.1 Å². The Kier molecular flexibility index (Phi) is 5.65. The first-order valence-corrected chi connectivity index (χ1v) is 10.6. The molecule has 0 radical (unpaired) electrons. The van der Waals surface area contributed by atoms with Crippen LogP contribution in [0, 0.1) is 15.9 Å². The highest BCUT2D eigenvalue weighted by atomic mass is 32.2.